The third-order valence-corrected chi connectivity index (χ3v) is 2.12. The Labute approximate surface area is 92.0 Å². The summed E-state index contributed by atoms with van der Waals surface area (Å²) < 4.78 is 36.0. The molecule has 0 amide bonds. The second kappa shape index (κ2) is 5.67. The van der Waals surface area contributed by atoms with Crippen molar-refractivity contribution >= 4 is 5.78 Å². The van der Waals surface area contributed by atoms with Crippen molar-refractivity contribution < 1.29 is 23.0 Å². The average molecular weight is 230 g/mol. The molecule has 0 unspecified atom stereocenters. The first-order chi connectivity index (χ1) is 7.60. The van der Waals surface area contributed by atoms with E-state index in [1.165, 1.54) is 20.3 Å². The number of ether oxygens (including phenoxy) is 2. The van der Waals surface area contributed by atoms with Crippen LogP contribution in [0.4, 0.5) is 8.78 Å². The minimum atomic E-state index is -0.879. The molecule has 5 heteroatoms. The van der Waals surface area contributed by atoms with Crippen molar-refractivity contribution in [3.8, 4) is 0 Å². The smallest absolute Gasteiger partial charge is 0.173 e. The first kappa shape index (κ1) is 12.7. The first-order valence-corrected chi connectivity index (χ1v) is 4.63. The Kier molecular flexibility index (Phi) is 4.52. The number of halogens is 2. The van der Waals surface area contributed by atoms with Crippen molar-refractivity contribution in [1.82, 2.24) is 0 Å². The molecule has 1 aromatic carbocycles. The van der Waals surface area contributed by atoms with Crippen LogP contribution in [0.25, 0.3) is 0 Å². The minimum absolute atomic E-state index is 0.231. The molecule has 16 heavy (non-hydrogen) atoms. The molecule has 0 atom stereocenters. The number of hydrogen-bond acceptors (Lipinski definition) is 3. The topological polar surface area (TPSA) is 35.5 Å². The van der Waals surface area contributed by atoms with Crippen LogP contribution in [0, 0.1) is 11.6 Å². The lowest BCUT2D eigenvalue weighted by molar-refractivity contribution is -0.0993. The summed E-state index contributed by atoms with van der Waals surface area (Å²) in [6, 6.07) is 3.27. The molecule has 0 fully saturated rings. The van der Waals surface area contributed by atoms with Crippen LogP contribution in [0.2, 0.25) is 0 Å². The van der Waals surface area contributed by atoms with Gasteiger partial charge in [0.2, 0.25) is 0 Å². The lowest BCUT2D eigenvalue weighted by atomic mass is 10.1. The second-order valence-electron chi connectivity index (χ2n) is 3.12. The largest absolute Gasteiger partial charge is 0.355 e. The maximum Gasteiger partial charge on any atom is 0.173 e. The SMILES string of the molecule is COC(CC(=O)c1c(F)cccc1F)OC. The second-order valence-corrected chi connectivity index (χ2v) is 3.12. The van der Waals surface area contributed by atoms with E-state index in [9.17, 15) is 13.6 Å². The molecule has 0 aliphatic carbocycles. The third kappa shape index (κ3) is 2.84. The van der Waals surface area contributed by atoms with Crippen LogP contribution in [-0.4, -0.2) is 26.3 Å². The highest BCUT2D eigenvalue weighted by Crippen LogP contribution is 2.15. The molecule has 0 saturated carbocycles. The van der Waals surface area contributed by atoms with Gasteiger partial charge in [-0.2, -0.15) is 0 Å². The monoisotopic (exact) mass is 230 g/mol. The summed E-state index contributed by atoms with van der Waals surface area (Å²) in [6.07, 6.45) is -1.03. The van der Waals surface area contributed by atoms with Crippen LogP contribution >= 0.6 is 0 Å². The van der Waals surface area contributed by atoms with E-state index in [1.54, 1.807) is 0 Å². The molecule has 0 aliphatic rings. The van der Waals surface area contributed by atoms with Crippen molar-refractivity contribution in [2.24, 2.45) is 0 Å². The van der Waals surface area contributed by atoms with Crippen LogP contribution in [0.3, 0.4) is 0 Å². The van der Waals surface area contributed by atoms with E-state index in [0.717, 1.165) is 12.1 Å². The Hall–Kier alpha value is -1.33. The summed E-state index contributed by atoms with van der Waals surface area (Å²) in [7, 11) is 2.69. The number of Topliss-reactive ketones (excluding diaryl/α,β-unsaturated/α-hetero) is 1. The summed E-state index contributed by atoms with van der Waals surface area (Å²) >= 11 is 0. The highest BCUT2D eigenvalue weighted by molar-refractivity contribution is 5.96. The molecule has 0 bridgehead atoms. The average Bonchev–Trinajstić information content (AvgIpc) is 2.25. The van der Waals surface area contributed by atoms with Gasteiger partial charge in [0.25, 0.3) is 0 Å². The number of carbonyl (C=O) groups excluding carboxylic acids is 1. The Morgan fingerprint density at radius 2 is 1.75 bits per heavy atom. The molecule has 0 spiro atoms. The van der Waals surface area contributed by atoms with E-state index in [2.05, 4.69) is 0 Å². The summed E-state index contributed by atoms with van der Waals surface area (Å²) in [4.78, 5) is 11.6. The molecule has 88 valence electrons. The number of rotatable bonds is 5. The summed E-state index contributed by atoms with van der Waals surface area (Å²) in [5.41, 5.74) is -0.554. The Morgan fingerprint density at radius 1 is 1.25 bits per heavy atom. The first-order valence-electron chi connectivity index (χ1n) is 4.63. The zero-order chi connectivity index (χ0) is 12.1. The molecule has 1 rings (SSSR count). The number of hydrogen-bond donors (Lipinski definition) is 0. The van der Waals surface area contributed by atoms with Gasteiger partial charge in [0, 0.05) is 14.2 Å². The van der Waals surface area contributed by atoms with Crippen molar-refractivity contribution in [3.05, 3.63) is 35.4 Å². The van der Waals surface area contributed by atoms with Crippen molar-refractivity contribution in [3.63, 3.8) is 0 Å². The van der Waals surface area contributed by atoms with Gasteiger partial charge in [-0.3, -0.25) is 4.79 Å². The van der Waals surface area contributed by atoms with Gasteiger partial charge in [-0.25, -0.2) is 8.78 Å². The highest BCUT2D eigenvalue weighted by Gasteiger charge is 2.20. The van der Waals surface area contributed by atoms with Crippen molar-refractivity contribution in [2.75, 3.05) is 14.2 Å². The van der Waals surface area contributed by atoms with E-state index in [0.29, 0.717) is 0 Å². The zero-order valence-electron chi connectivity index (χ0n) is 9.00. The summed E-state index contributed by atoms with van der Waals surface area (Å²) in [5.74, 6) is -2.45. The quantitative estimate of drug-likeness (QED) is 0.574. The van der Waals surface area contributed by atoms with Gasteiger partial charge in [0.05, 0.1) is 12.0 Å². The minimum Gasteiger partial charge on any atom is -0.355 e. The molecule has 0 radical (unpaired) electrons. The van der Waals surface area contributed by atoms with E-state index in [1.807, 2.05) is 0 Å². The standard InChI is InChI=1S/C11H12F2O3/c1-15-10(16-2)6-9(14)11-7(12)4-3-5-8(11)13/h3-5,10H,6H2,1-2H3. The molecule has 1 aromatic rings. The van der Waals surface area contributed by atoms with E-state index < -0.39 is 29.3 Å². The van der Waals surface area contributed by atoms with Crippen LogP contribution in [0.5, 0.6) is 0 Å². The molecule has 0 saturated heterocycles. The molecule has 3 nitrogen and oxygen atoms in total. The van der Waals surface area contributed by atoms with Gasteiger partial charge in [0.15, 0.2) is 12.1 Å². The summed E-state index contributed by atoms with van der Waals surface area (Å²) in [6.45, 7) is 0. The molecule has 0 N–H and O–H groups in total. The van der Waals surface area contributed by atoms with E-state index >= 15 is 0 Å². The normalized spacial score (nSPS) is 10.8. The maximum atomic E-state index is 13.2. The Morgan fingerprint density at radius 3 is 2.19 bits per heavy atom. The molecule has 0 aromatic heterocycles. The summed E-state index contributed by atoms with van der Waals surface area (Å²) in [5, 5.41) is 0. The van der Waals surface area contributed by atoms with E-state index in [4.69, 9.17) is 9.47 Å². The predicted octanol–water partition coefficient (Wildman–Crippen LogP) is 2.16. The van der Waals surface area contributed by atoms with Crippen LogP contribution in [-0.2, 0) is 9.47 Å². The van der Waals surface area contributed by atoms with Gasteiger partial charge >= 0.3 is 0 Å². The fourth-order valence-electron chi connectivity index (χ4n) is 1.28. The van der Waals surface area contributed by atoms with Gasteiger partial charge in [-0.05, 0) is 12.1 Å². The van der Waals surface area contributed by atoms with Crippen LogP contribution in [0.15, 0.2) is 18.2 Å². The van der Waals surface area contributed by atoms with Gasteiger partial charge in [-0.15, -0.1) is 0 Å². The van der Waals surface area contributed by atoms with Gasteiger partial charge in [-0.1, -0.05) is 6.07 Å². The highest BCUT2D eigenvalue weighted by atomic mass is 19.1. The lowest BCUT2D eigenvalue weighted by Gasteiger charge is -2.12. The zero-order valence-corrected chi connectivity index (χ0v) is 9.00. The van der Waals surface area contributed by atoms with Crippen LogP contribution < -0.4 is 0 Å². The number of methoxy groups -OCH3 is 2. The maximum absolute atomic E-state index is 13.2. The fourth-order valence-corrected chi connectivity index (χ4v) is 1.28. The molecule has 0 aliphatic heterocycles. The Balaban J connectivity index is 2.88. The number of benzene rings is 1. The molecular formula is C11H12F2O3. The van der Waals surface area contributed by atoms with E-state index in [-0.39, 0.29) is 6.42 Å². The third-order valence-electron chi connectivity index (χ3n) is 2.12. The predicted molar refractivity (Wildman–Crippen MR) is 53.1 cm³/mol. The molecular weight excluding hydrogens is 218 g/mol. The van der Waals surface area contributed by atoms with Gasteiger partial charge in [0.1, 0.15) is 11.6 Å². The van der Waals surface area contributed by atoms with Gasteiger partial charge < -0.3 is 9.47 Å². The van der Waals surface area contributed by atoms with Crippen molar-refractivity contribution in [1.29, 1.82) is 0 Å². The molecule has 0 heterocycles. The Bertz CT molecular complexity index is 355. The lowest BCUT2D eigenvalue weighted by Crippen LogP contribution is -2.19. The number of carbonyl (C=O) groups is 1. The van der Waals surface area contributed by atoms with Crippen molar-refractivity contribution in [2.45, 2.75) is 12.7 Å². The number of ketones is 1. The fraction of sp³-hybridized carbons (Fsp3) is 0.364. The van der Waals surface area contributed by atoms with Crippen LogP contribution in [0.1, 0.15) is 16.8 Å².